The molecular formula is C20H36IN5. The Balaban J connectivity index is 0.00000338. The summed E-state index contributed by atoms with van der Waals surface area (Å²) in [6.45, 7) is 11.4. The molecule has 0 aromatic carbocycles. The van der Waals surface area contributed by atoms with Crippen LogP contribution in [0.3, 0.4) is 0 Å². The summed E-state index contributed by atoms with van der Waals surface area (Å²) in [6, 6.07) is 4.28. The predicted octanol–water partition coefficient (Wildman–Crippen LogP) is 4.18. The second-order valence-corrected chi connectivity index (χ2v) is 7.23. The molecule has 0 aliphatic carbocycles. The van der Waals surface area contributed by atoms with Crippen molar-refractivity contribution in [2.24, 2.45) is 10.9 Å². The molecule has 26 heavy (non-hydrogen) atoms. The lowest BCUT2D eigenvalue weighted by molar-refractivity contribution is 0.534. The molecule has 1 fully saturated rings. The Bertz CT molecular complexity index is 509. The van der Waals surface area contributed by atoms with Crippen LogP contribution < -0.4 is 15.5 Å². The Morgan fingerprint density at radius 2 is 1.96 bits per heavy atom. The summed E-state index contributed by atoms with van der Waals surface area (Å²) < 4.78 is 0. The Morgan fingerprint density at radius 1 is 1.19 bits per heavy atom. The number of aromatic nitrogens is 1. The lowest BCUT2D eigenvalue weighted by atomic mass is 10.1. The fraction of sp³-hybridized carbons (Fsp3) is 0.700. The van der Waals surface area contributed by atoms with Crippen molar-refractivity contribution in [1.29, 1.82) is 0 Å². The van der Waals surface area contributed by atoms with Crippen LogP contribution in [0, 0.1) is 5.92 Å². The van der Waals surface area contributed by atoms with E-state index in [1.54, 1.807) is 0 Å². The predicted molar refractivity (Wildman–Crippen MR) is 123 cm³/mol. The molecule has 2 rings (SSSR count). The maximum absolute atomic E-state index is 4.68. The maximum Gasteiger partial charge on any atom is 0.191 e. The van der Waals surface area contributed by atoms with Gasteiger partial charge in [0.2, 0.25) is 0 Å². The Hall–Kier alpha value is -1.05. The minimum absolute atomic E-state index is 0. The van der Waals surface area contributed by atoms with Gasteiger partial charge in [0.25, 0.3) is 0 Å². The number of hydrogen-bond acceptors (Lipinski definition) is 3. The van der Waals surface area contributed by atoms with Crippen LogP contribution >= 0.6 is 24.0 Å². The van der Waals surface area contributed by atoms with E-state index in [4.69, 9.17) is 0 Å². The highest BCUT2D eigenvalue weighted by molar-refractivity contribution is 14.0. The Labute approximate surface area is 176 Å². The molecule has 1 aliphatic rings. The fourth-order valence-corrected chi connectivity index (χ4v) is 3.04. The molecule has 0 amide bonds. The molecule has 2 heterocycles. The fourth-order valence-electron chi connectivity index (χ4n) is 3.04. The monoisotopic (exact) mass is 473 g/mol. The van der Waals surface area contributed by atoms with Crippen LogP contribution in [-0.2, 0) is 6.54 Å². The van der Waals surface area contributed by atoms with Gasteiger partial charge in [-0.1, -0.05) is 32.8 Å². The molecule has 0 spiro atoms. The summed E-state index contributed by atoms with van der Waals surface area (Å²) in [6.07, 6.45) is 8.28. The van der Waals surface area contributed by atoms with E-state index in [0.717, 1.165) is 49.4 Å². The first-order valence-corrected chi connectivity index (χ1v) is 9.91. The van der Waals surface area contributed by atoms with Gasteiger partial charge in [-0.3, -0.25) is 0 Å². The third kappa shape index (κ3) is 8.56. The molecule has 2 N–H and O–H groups in total. The van der Waals surface area contributed by atoms with Gasteiger partial charge < -0.3 is 15.5 Å². The van der Waals surface area contributed by atoms with Crippen LogP contribution in [0.15, 0.2) is 23.3 Å². The van der Waals surface area contributed by atoms with Crippen molar-refractivity contribution >= 4 is 35.8 Å². The molecule has 1 saturated heterocycles. The molecule has 1 aromatic heterocycles. The SMILES string of the molecule is CCNC(=NCc1ccc(N2CCCC2)nc1)NCCCCC(C)C.I. The van der Waals surface area contributed by atoms with Gasteiger partial charge in [-0.2, -0.15) is 0 Å². The Kier molecular flexibility index (Phi) is 11.6. The average molecular weight is 473 g/mol. The zero-order chi connectivity index (χ0) is 17.9. The second kappa shape index (κ2) is 13.2. The standard InChI is InChI=1S/C20H35N5.HI/c1-4-21-20(22-12-6-5-9-17(2)3)24-16-18-10-11-19(23-15-18)25-13-7-8-14-25;/h10-11,15,17H,4-9,12-14,16H2,1-3H3,(H2,21,22,24);1H. The van der Waals surface area contributed by atoms with E-state index in [1.807, 2.05) is 6.20 Å². The summed E-state index contributed by atoms with van der Waals surface area (Å²) in [5, 5.41) is 6.75. The van der Waals surface area contributed by atoms with Gasteiger partial charge in [0.15, 0.2) is 5.96 Å². The molecule has 0 bridgehead atoms. The highest BCUT2D eigenvalue weighted by atomic mass is 127. The summed E-state index contributed by atoms with van der Waals surface area (Å²) >= 11 is 0. The van der Waals surface area contributed by atoms with E-state index in [2.05, 4.69) is 58.4 Å². The molecule has 0 radical (unpaired) electrons. The number of rotatable bonds is 9. The molecule has 1 aliphatic heterocycles. The average Bonchev–Trinajstić information content (AvgIpc) is 3.14. The van der Waals surface area contributed by atoms with Gasteiger partial charge in [0.1, 0.15) is 5.82 Å². The number of hydrogen-bond donors (Lipinski definition) is 2. The summed E-state index contributed by atoms with van der Waals surface area (Å²) in [7, 11) is 0. The highest BCUT2D eigenvalue weighted by Crippen LogP contribution is 2.17. The smallest absolute Gasteiger partial charge is 0.191 e. The van der Waals surface area contributed by atoms with E-state index in [1.165, 1.54) is 32.1 Å². The minimum atomic E-state index is 0. The quantitative estimate of drug-likeness (QED) is 0.245. The van der Waals surface area contributed by atoms with Crippen molar-refractivity contribution < 1.29 is 0 Å². The first kappa shape index (κ1) is 23.0. The zero-order valence-electron chi connectivity index (χ0n) is 16.6. The molecule has 0 unspecified atom stereocenters. The number of guanidine groups is 1. The number of unbranched alkanes of at least 4 members (excludes halogenated alkanes) is 1. The van der Waals surface area contributed by atoms with Gasteiger partial charge in [0, 0.05) is 32.4 Å². The van der Waals surface area contributed by atoms with Crippen molar-refractivity contribution in [3.63, 3.8) is 0 Å². The molecule has 0 saturated carbocycles. The lowest BCUT2D eigenvalue weighted by Gasteiger charge is -2.16. The van der Waals surface area contributed by atoms with E-state index in [-0.39, 0.29) is 24.0 Å². The van der Waals surface area contributed by atoms with Gasteiger partial charge in [-0.05, 0) is 43.7 Å². The van der Waals surface area contributed by atoms with Gasteiger partial charge >= 0.3 is 0 Å². The van der Waals surface area contributed by atoms with Gasteiger partial charge in [0.05, 0.1) is 6.54 Å². The first-order chi connectivity index (χ1) is 12.2. The maximum atomic E-state index is 4.68. The Morgan fingerprint density at radius 3 is 2.58 bits per heavy atom. The zero-order valence-corrected chi connectivity index (χ0v) is 19.0. The van der Waals surface area contributed by atoms with Gasteiger partial charge in [-0.25, -0.2) is 9.98 Å². The molecule has 1 aromatic rings. The minimum Gasteiger partial charge on any atom is -0.357 e. The van der Waals surface area contributed by atoms with Crippen molar-refractivity contribution in [3.05, 3.63) is 23.9 Å². The summed E-state index contributed by atoms with van der Waals surface area (Å²) in [5.74, 6) is 2.79. The van der Waals surface area contributed by atoms with Crippen molar-refractivity contribution in [1.82, 2.24) is 15.6 Å². The molecular weight excluding hydrogens is 437 g/mol. The topological polar surface area (TPSA) is 52.6 Å². The molecule has 148 valence electrons. The normalized spacial score (nSPS) is 14.5. The number of nitrogens with one attached hydrogen (secondary N) is 2. The van der Waals surface area contributed by atoms with Crippen LogP contribution in [0.1, 0.15) is 58.4 Å². The molecule has 0 atom stereocenters. The number of aliphatic imine (C=N–C) groups is 1. The van der Waals surface area contributed by atoms with Crippen molar-refractivity contribution in [2.45, 2.75) is 59.4 Å². The van der Waals surface area contributed by atoms with Crippen molar-refractivity contribution in [3.8, 4) is 0 Å². The number of halogens is 1. The number of pyridine rings is 1. The van der Waals surface area contributed by atoms with E-state index in [9.17, 15) is 0 Å². The number of anilines is 1. The van der Waals surface area contributed by atoms with E-state index in [0.29, 0.717) is 6.54 Å². The van der Waals surface area contributed by atoms with Crippen molar-refractivity contribution in [2.75, 3.05) is 31.1 Å². The third-order valence-corrected chi connectivity index (χ3v) is 4.50. The van der Waals surface area contributed by atoms with Crippen LogP contribution in [0.25, 0.3) is 0 Å². The molecule has 6 heteroatoms. The first-order valence-electron chi connectivity index (χ1n) is 9.91. The van der Waals surface area contributed by atoms with Crippen LogP contribution in [0.5, 0.6) is 0 Å². The van der Waals surface area contributed by atoms with Gasteiger partial charge in [-0.15, -0.1) is 24.0 Å². The highest BCUT2D eigenvalue weighted by Gasteiger charge is 2.12. The van der Waals surface area contributed by atoms with Crippen LogP contribution in [0.4, 0.5) is 5.82 Å². The van der Waals surface area contributed by atoms with E-state index < -0.39 is 0 Å². The summed E-state index contributed by atoms with van der Waals surface area (Å²) in [5.41, 5.74) is 1.15. The lowest BCUT2D eigenvalue weighted by Crippen LogP contribution is -2.37. The van der Waals surface area contributed by atoms with Crippen LogP contribution in [0.2, 0.25) is 0 Å². The molecule has 5 nitrogen and oxygen atoms in total. The third-order valence-electron chi connectivity index (χ3n) is 4.50. The van der Waals surface area contributed by atoms with E-state index >= 15 is 0 Å². The largest absolute Gasteiger partial charge is 0.357 e. The van der Waals surface area contributed by atoms with Crippen LogP contribution in [-0.4, -0.2) is 37.1 Å². The number of nitrogens with zero attached hydrogens (tertiary/aromatic N) is 3. The summed E-state index contributed by atoms with van der Waals surface area (Å²) in [4.78, 5) is 11.6. The second-order valence-electron chi connectivity index (χ2n) is 7.23.